The number of rotatable bonds is 6. The summed E-state index contributed by atoms with van der Waals surface area (Å²) in [6, 6.07) is 4.83. The highest BCUT2D eigenvalue weighted by atomic mass is 35.5. The van der Waals surface area contributed by atoms with Gasteiger partial charge in [-0.3, -0.25) is 4.79 Å². The SMILES string of the molecule is NCCCNC(=O)COc1cc(Cl)ccc1Cl. The standard InChI is InChI=1S/C11H14Cl2N2O2/c12-8-2-3-9(13)10(6-8)17-7-11(16)15-5-1-4-14/h2-3,6H,1,4-5,7,14H2,(H,15,16). The minimum absolute atomic E-state index is 0.0926. The molecule has 0 heterocycles. The second-order valence-electron chi connectivity index (χ2n) is 3.36. The maximum absolute atomic E-state index is 11.3. The van der Waals surface area contributed by atoms with E-state index in [9.17, 15) is 4.79 Å². The molecule has 0 spiro atoms. The maximum atomic E-state index is 11.3. The summed E-state index contributed by atoms with van der Waals surface area (Å²) >= 11 is 11.7. The zero-order valence-electron chi connectivity index (χ0n) is 9.21. The molecule has 1 rings (SSSR count). The molecule has 0 aliphatic rings. The summed E-state index contributed by atoms with van der Waals surface area (Å²) in [6.45, 7) is 0.994. The van der Waals surface area contributed by atoms with E-state index in [1.54, 1.807) is 18.2 Å². The van der Waals surface area contributed by atoms with Gasteiger partial charge in [-0.25, -0.2) is 0 Å². The number of carbonyl (C=O) groups is 1. The van der Waals surface area contributed by atoms with E-state index in [1.165, 1.54) is 0 Å². The van der Waals surface area contributed by atoms with Crippen LogP contribution >= 0.6 is 23.2 Å². The number of benzene rings is 1. The van der Waals surface area contributed by atoms with E-state index in [0.717, 1.165) is 6.42 Å². The van der Waals surface area contributed by atoms with E-state index in [1.807, 2.05) is 0 Å². The summed E-state index contributed by atoms with van der Waals surface area (Å²) in [7, 11) is 0. The molecule has 0 saturated heterocycles. The predicted octanol–water partition coefficient (Wildman–Crippen LogP) is 1.84. The van der Waals surface area contributed by atoms with Crippen LogP contribution in [0.15, 0.2) is 18.2 Å². The van der Waals surface area contributed by atoms with Crippen LogP contribution in [0.2, 0.25) is 10.0 Å². The number of hydrogen-bond acceptors (Lipinski definition) is 3. The van der Waals surface area contributed by atoms with E-state index in [2.05, 4.69) is 5.32 Å². The summed E-state index contributed by atoms with van der Waals surface area (Å²) in [6.07, 6.45) is 0.740. The molecule has 0 unspecified atom stereocenters. The summed E-state index contributed by atoms with van der Waals surface area (Å²) in [4.78, 5) is 11.3. The third-order valence-corrected chi connectivity index (χ3v) is 2.50. The Labute approximate surface area is 110 Å². The Balaban J connectivity index is 2.39. The molecule has 0 aliphatic carbocycles. The Morgan fingerprint density at radius 2 is 2.18 bits per heavy atom. The van der Waals surface area contributed by atoms with Crippen LogP contribution in [-0.4, -0.2) is 25.6 Å². The number of hydrogen-bond donors (Lipinski definition) is 2. The highest BCUT2D eigenvalue weighted by Crippen LogP contribution is 2.27. The second-order valence-corrected chi connectivity index (χ2v) is 4.20. The number of halogens is 2. The van der Waals surface area contributed by atoms with Crippen molar-refractivity contribution in [2.24, 2.45) is 5.73 Å². The van der Waals surface area contributed by atoms with Crippen molar-refractivity contribution in [2.45, 2.75) is 6.42 Å². The van der Waals surface area contributed by atoms with Gasteiger partial charge in [0.25, 0.3) is 5.91 Å². The smallest absolute Gasteiger partial charge is 0.257 e. The molecule has 0 bridgehead atoms. The normalized spacial score (nSPS) is 10.1. The summed E-state index contributed by atoms with van der Waals surface area (Å²) < 4.78 is 5.25. The number of nitrogens with two attached hydrogens (primary N) is 1. The number of nitrogens with one attached hydrogen (secondary N) is 1. The Hall–Kier alpha value is -0.970. The van der Waals surface area contributed by atoms with Crippen LogP contribution in [0.4, 0.5) is 0 Å². The van der Waals surface area contributed by atoms with Crippen molar-refractivity contribution >= 4 is 29.1 Å². The van der Waals surface area contributed by atoms with E-state index >= 15 is 0 Å². The van der Waals surface area contributed by atoms with Crippen molar-refractivity contribution < 1.29 is 9.53 Å². The Morgan fingerprint density at radius 1 is 1.41 bits per heavy atom. The van der Waals surface area contributed by atoms with Gasteiger partial charge in [-0.15, -0.1) is 0 Å². The van der Waals surface area contributed by atoms with E-state index in [4.69, 9.17) is 33.7 Å². The lowest BCUT2D eigenvalue weighted by molar-refractivity contribution is -0.123. The highest BCUT2D eigenvalue weighted by Gasteiger charge is 2.05. The van der Waals surface area contributed by atoms with E-state index < -0.39 is 0 Å². The monoisotopic (exact) mass is 276 g/mol. The molecule has 0 fully saturated rings. The number of ether oxygens (including phenoxy) is 1. The van der Waals surface area contributed by atoms with E-state index in [0.29, 0.717) is 28.9 Å². The fraction of sp³-hybridized carbons (Fsp3) is 0.364. The molecule has 0 radical (unpaired) electrons. The Bertz CT molecular complexity index is 386. The van der Waals surface area contributed by atoms with Crippen LogP contribution in [-0.2, 0) is 4.79 Å². The predicted molar refractivity (Wildman–Crippen MR) is 68.6 cm³/mol. The molecule has 94 valence electrons. The average molecular weight is 277 g/mol. The summed E-state index contributed by atoms with van der Waals surface area (Å²) in [5.74, 6) is 0.183. The van der Waals surface area contributed by atoms with Gasteiger partial charge < -0.3 is 15.8 Å². The maximum Gasteiger partial charge on any atom is 0.257 e. The lowest BCUT2D eigenvalue weighted by atomic mass is 10.3. The summed E-state index contributed by atoms with van der Waals surface area (Å²) in [5, 5.41) is 3.60. The number of amides is 1. The molecule has 0 aromatic heterocycles. The van der Waals surface area contributed by atoms with Crippen LogP contribution in [0.25, 0.3) is 0 Å². The van der Waals surface area contributed by atoms with Crippen molar-refractivity contribution in [1.29, 1.82) is 0 Å². The molecule has 0 aliphatic heterocycles. The summed E-state index contributed by atoms with van der Waals surface area (Å²) in [5.41, 5.74) is 5.30. The molecule has 6 heteroatoms. The number of carbonyl (C=O) groups excluding carboxylic acids is 1. The van der Waals surface area contributed by atoms with Gasteiger partial charge in [0.1, 0.15) is 5.75 Å². The van der Waals surface area contributed by atoms with Crippen LogP contribution in [0, 0.1) is 0 Å². The van der Waals surface area contributed by atoms with Gasteiger partial charge in [0.2, 0.25) is 0 Å². The van der Waals surface area contributed by atoms with Crippen LogP contribution in [0.1, 0.15) is 6.42 Å². The largest absolute Gasteiger partial charge is 0.482 e. The molecule has 1 aromatic carbocycles. The zero-order valence-corrected chi connectivity index (χ0v) is 10.7. The molecule has 3 N–H and O–H groups in total. The first-order valence-electron chi connectivity index (χ1n) is 5.18. The minimum Gasteiger partial charge on any atom is -0.482 e. The fourth-order valence-electron chi connectivity index (χ4n) is 1.11. The molecule has 1 amide bonds. The quantitative estimate of drug-likeness (QED) is 0.780. The van der Waals surface area contributed by atoms with Crippen LogP contribution < -0.4 is 15.8 Å². The first-order valence-corrected chi connectivity index (χ1v) is 5.93. The lowest BCUT2D eigenvalue weighted by Gasteiger charge is -2.08. The third-order valence-electron chi connectivity index (χ3n) is 1.96. The van der Waals surface area contributed by atoms with Gasteiger partial charge in [0.15, 0.2) is 6.61 Å². The average Bonchev–Trinajstić information content (AvgIpc) is 2.31. The minimum atomic E-state index is -0.213. The van der Waals surface area contributed by atoms with Gasteiger partial charge in [-0.1, -0.05) is 23.2 Å². The van der Waals surface area contributed by atoms with E-state index in [-0.39, 0.29) is 12.5 Å². The molecule has 17 heavy (non-hydrogen) atoms. The van der Waals surface area contributed by atoms with Crippen LogP contribution in [0.5, 0.6) is 5.75 Å². The molecular weight excluding hydrogens is 263 g/mol. The Kier molecular flexibility index (Phi) is 6.11. The van der Waals surface area contributed by atoms with Crippen molar-refractivity contribution in [3.63, 3.8) is 0 Å². The van der Waals surface area contributed by atoms with Crippen molar-refractivity contribution in [3.05, 3.63) is 28.2 Å². The van der Waals surface area contributed by atoms with Gasteiger partial charge >= 0.3 is 0 Å². The van der Waals surface area contributed by atoms with Crippen molar-refractivity contribution in [2.75, 3.05) is 19.7 Å². The zero-order chi connectivity index (χ0) is 12.7. The molecule has 0 atom stereocenters. The second kappa shape index (κ2) is 7.37. The van der Waals surface area contributed by atoms with Gasteiger partial charge in [0, 0.05) is 17.6 Å². The molecule has 1 aromatic rings. The molecule has 0 saturated carbocycles. The van der Waals surface area contributed by atoms with Gasteiger partial charge in [-0.2, -0.15) is 0 Å². The highest BCUT2D eigenvalue weighted by molar-refractivity contribution is 6.34. The molecule has 4 nitrogen and oxygen atoms in total. The van der Waals surface area contributed by atoms with Crippen molar-refractivity contribution in [3.8, 4) is 5.75 Å². The van der Waals surface area contributed by atoms with Crippen molar-refractivity contribution in [1.82, 2.24) is 5.32 Å². The van der Waals surface area contributed by atoms with Gasteiger partial charge in [0.05, 0.1) is 5.02 Å². The third kappa shape index (κ3) is 5.26. The molecular formula is C11H14Cl2N2O2. The fourth-order valence-corrected chi connectivity index (χ4v) is 1.45. The lowest BCUT2D eigenvalue weighted by Crippen LogP contribution is -2.30. The topological polar surface area (TPSA) is 64.3 Å². The Morgan fingerprint density at radius 3 is 2.88 bits per heavy atom. The first kappa shape index (κ1) is 14.1. The van der Waals surface area contributed by atoms with Crippen LogP contribution in [0.3, 0.4) is 0 Å². The van der Waals surface area contributed by atoms with Gasteiger partial charge in [-0.05, 0) is 25.1 Å². The first-order chi connectivity index (χ1) is 8.13.